The first kappa shape index (κ1) is 14.8. The summed E-state index contributed by atoms with van der Waals surface area (Å²) in [7, 11) is 1.69. The molecule has 3 heterocycles. The third-order valence-corrected chi connectivity index (χ3v) is 4.34. The highest BCUT2D eigenvalue weighted by molar-refractivity contribution is 5.92. The summed E-state index contributed by atoms with van der Waals surface area (Å²) in [5.41, 5.74) is 2.19. The lowest BCUT2D eigenvalue weighted by Crippen LogP contribution is -2.49. The maximum Gasteiger partial charge on any atom is 0.137 e. The van der Waals surface area contributed by atoms with E-state index in [1.165, 1.54) is 5.69 Å². The molecule has 1 aliphatic heterocycles. The molecule has 4 rings (SSSR count). The lowest BCUT2D eigenvalue weighted by Gasteiger charge is -2.41. The molecule has 0 saturated carbocycles. The van der Waals surface area contributed by atoms with Crippen LogP contribution in [0.3, 0.4) is 0 Å². The number of aromatic nitrogens is 2. The van der Waals surface area contributed by atoms with Gasteiger partial charge in [-0.2, -0.15) is 0 Å². The average molecular weight is 321 g/mol. The molecule has 1 fully saturated rings. The molecule has 0 aliphatic carbocycles. The fourth-order valence-electron chi connectivity index (χ4n) is 3.03. The topological polar surface area (TPSA) is 47.5 Å². The maximum atomic E-state index is 5.80. The van der Waals surface area contributed by atoms with Crippen molar-refractivity contribution in [1.29, 1.82) is 0 Å². The SMILES string of the molecule is COc1ccc2nccc(N3CC(COc4cccnc4)C3)c2c1. The van der Waals surface area contributed by atoms with Crippen LogP contribution in [0.5, 0.6) is 11.5 Å². The summed E-state index contributed by atoms with van der Waals surface area (Å²) < 4.78 is 11.1. The number of fused-ring (bicyclic) bond motifs is 1. The zero-order valence-electron chi connectivity index (χ0n) is 13.6. The zero-order chi connectivity index (χ0) is 16.4. The van der Waals surface area contributed by atoms with Crippen molar-refractivity contribution in [2.45, 2.75) is 0 Å². The number of benzene rings is 1. The molecule has 0 radical (unpaired) electrons. The number of methoxy groups -OCH3 is 1. The Balaban J connectivity index is 1.44. The Morgan fingerprint density at radius 2 is 2.04 bits per heavy atom. The molecule has 24 heavy (non-hydrogen) atoms. The third-order valence-electron chi connectivity index (χ3n) is 4.34. The fourth-order valence-corrected chi connectivity index (χ4v) is 3.03. The van der Waals surface area contributed by atoms with Crippen molar-refractivity contribution >= 4 is 16.6 Å². The fraction of sp³-hybridized carbons (Fsp3) is 0.263. The normalized spacial score (nSPS) is 14.5. The van der Waals surface area contributed by atoms with E-state index in [1.807, 2.05) is 30.5 Å². The molecule has 0 N–H and O–H groups in total. The number of nitrogens with zero attached hydrogens (tertiary/aromatic N) is 3. The molecule has 5 heteroatoms. The Morgan fingerprint density at radius 3 is 2.83 bits per heavy atom. The van der Waals surface area contributed by atoms with Crippen LogP contribution >= 0.6 is 0 Å². The molecule has 0 spiro atoms. The van der Waals surface area contributed by atoms with Crippen molar-refractivity contribution in [3.8, 4) is 11.5 Å². The Hall–Kier alpha value is -2.82. The van der Waals surface area contributed by atoms with E-state index in [9.17, 15) is 0 Å². The minimum Gasteiger partial charge on any atom is -0.497 e. The maximum absolute atomic E-state index is 5.80. The smallest absolute Gasteiger partial charge is 0.137 e. The van der Waals surface area contributed by atoms with Crippen LogP contribution in [-0.2, 0) is 0 Å². The van der Waals surface area contributed by atoms with Gasteiger partial charge in [-0.3, -0.25) is 9.97 Å². The summed E-state index contributed by atoms with van der Waals surface area (Å²) >= 11 is 0. The van der Waals surface area contributed by atoms with Gasteiger partial charge in [0.15, 0.2) is 0 Å². The molecule has 1 aliphatic rings. The van der Waals surface area contributed by atoms with Crippen molar-refractivity contribution in [2.24, 2.45) is 5.92 Å². The summed E-state index contributed by atoms with van der Waals surface area (Å²) in [6, 6.07) is 11.9. The van der Waals surface area contributed by atoms with Gasteiger partial charge < -0.3 is 14.4 Å². The second kappa shape index (κ2) is 6.35. The van der Waals surface area contributed by atoms with Crippen LogP contribution in [-0.4, -0.2) is 36.8 Å². The Labute approximate surface area is 140 Å². The minimum absolute atomic E-state index is 0.527. The molecule has 0 atom stereocenters. The molecular formula is C19H19N3O2. The highest BCUT2D eigenvalue weighted by Crippen LogP contribution is 2.33. The number of hydrogen-bond acceptors (Lipinski definition) is 5. The first-order valence-electron chi connectivity index (χ1n) is 8.04. The van der Waals surface area contributed by atoms with Crippen LogP contribution < -0.4 is 14.4 Å². The number of hydrogen-bond donors (Lipinski definition) is 0. The van der Waals surface area contributed by atoms with E-state index in [1.54, 1.807) is 19.5 Å². The number of anilines is 1. The molecule has 0 unspecified atom stereocenters. The Morgan fingerprint density at radius 1 is 1.12 bits per heavy atom. The van der Waals surface area contributed by atoms with E-state index in [2.05, 4.69) is 27.0 Å². The first-order valence-corrected chi connectivity index (χ1v) is 8.04. The molecule has 1 saturated heterocycles. The van der Waals surface area contributed by atoms with Gasteiger partial charge in [0.05, 0.1) is 25.4 Å². The van der Waals surface area contributed by atoms with Gasteiger partial charge >= 0.3 is 0 Å². The van der Waals surface area contributed by atoms with Gasteiger partial charge in [-0.05, 0) is 36.4 Å². The van der Waals surface area contributed by atoms with Gasteiger partial charge in [0.1, 0.15) is 11.5 Å². The predicted octanol–water partition coefficient (Wildman–Crippen LogP) is 3.15. The summed E-state index contributed by atoms with van der Waals surface area (Å²) in [6.45, 7) is 2.68. The van der Waals surface area contributed by atoms with Crippen LogP contribution in [0.25, 0.3) is 10.9 Å². The molecular weight excluding hydrogens is 302 g/mol. The monoisotopic (exact) mass is 321 g/mol. The van der Waals surface area contributed by atoms with E-state index in [0.717, 1.165) is 35.5 Å². The van der Waals surface area contributed by atoms with Crippen molar-refractivity contribution < 1.29 is 9.47 Å². The Bertz CT molecular complexity index is 832. The van der Waals surface area contributed by atoms with Crippen LogP contribution in [0.4, 0.5) is 5.69 Å². The van der Waals surface area contributed by atoms with Gasteiger partial charge in [0.2, 0.25) is 0 Å². The van der Waals surface area contributed by atoms with Crippen molar-refractivity contribution in [3.05, 3.63) is 55.0 Å². The molecule has 0 bridgehead atoms. The summed E-state index contributed by atoms with van der Waals surface area (Å²) in [5, 5.41) is 1.13. The van der Waals surface area contributed by atoms with Crippen LogP contribution in [0, 0.1) is 5.92 Å². The van der Waals surface area contributed by atoms with E-state index in [-0.39, 0.29) is 0 Å². The zero-order valence-corrected chi connectivity index (χ0v) is 13.6. The molecule has 5 nitrogen and oxygen atoms in total. The van der Waals surface area contributed by atoms with Gasteiger partial charge in [-0.15, -0.1) is 0 Å². The van der Waals surface area contributed by atoms with Crippen molar-refractivity contribution in [3.63, 3.8) is 0 Å². The second-order valence-electron chi connectivity index (χ2n) is 5.98. The van der Waals surface area contributed by atoms with E-state index < -0.39 is 0 Å². The van der Waals surface area contributed by atoms with Gasteiger partial charge in [-0.25, -0.2) is 0 Å². The molecule has 3 aromatic rings. The minimum atomic E-state index is 0.527. The van der Waals surface area contributed by atoms with Crippen LogP contribution in [0.1, 0.15) is 0 Å². The lowest BCUT2D eigenvalue weighted by atomic mass is 9.99. The second-order valence-corrected chi connectivity index (χ2v) is 5.98. The highest BCUT2D eigenvalue weighted by Gasteiger charge is 2.28. The van der Waals surface area contributed by atoms with Gasteiger partial charge in [0.25, 0.3) is 0 Å². The summed E-state index contributed by atoms with van der Waals surface area (Å²) in [5.74, 6) is 2.21. The Kier molecular flexibility index (Phi) is 3.91. The predicted molar refractivity (Wildman–Crippen MR) is 93.7 cm³/mol. The summed E-state index contributed by atoms with van der Waals surface area (Å²) in [6.07, 6.45) is 5.36. The molecule has 2 aromatic heterocycles. The highest BCUT2D eigenvalue weighted by atomic mass is 16.5. The third kappa shape index (κ3) is 2.85. The summed E-state index contributed by atoms with van der Waals surface area (Å²) in [4.78, 5) is 10.9. The van der Waals surface area contributed by atoms with Crippen molar-refractivity contribution in [2.75, 3.05) is 31.7 Å². The average Bonchev–Trinajstić information content (AvgIpc) is 2.61. The quantitative estimate of drug-likeness (QED) is 0.722. The number of pyridine rings is 2. The largest absolute Gasteiger partial charge is 0.497 e. The van der Waals surface area contributed by atoms with Gasteiger partial charge in [0, 0.05) is 42.5 Å². The molecule has 122 valence electrons. The van der Waals surface area contributed by atoms with Crippen LogP contribution in [0.15, 0.2) is 55.0 Å². The first-order chi connectivity index (χ1) is 11.8. The van der Waals surface area contributed by atoms with Crippen molar-refractivity contribution in [1.82, 2.24) is 9.97 Å². The van der Waals surface area contributed by atoms with E-state index in [0.29, 0.717) is 12.5 Å². The lowest BCUT2D eigenvalue weighted by molar-refractivity contribution is 0.220. The standard InChI is InChI=1S/C19H19N3O2/c1-23-15-4-5-18-17(9-15)19(6-8-21-18)22-11-14(12-22)13-24-16-3-2-7-20-10-16/h2-10,14H,11-13H2,1H3. The molecule has 1 aromatic carbocycles. The number of ether oxygens (including phenoxy) is 2. The van der Waals surface area contributed by atoms with Crippen LogP contribution in [0.2, 0.25) is 0 Å². The van der Waals surface area contributed by atoms with E-state index in [4.69, 9.17) is 9.47 Å². The molecule has 0 amide bonds. The number of rotatable bonds is 5. The van der Waals surface area contributed by atoms with E-state index >= 15 is 0 Å². The van der Waals surface area contributed by atoms with Gasteiger partial charge in [-0.1, -0.05) is 0 Å².